The monoisotopic (exact) mass is 843 g/mol. The quantitative estimate of drug-likeness (QED) is 0.0512. The number of methoxy groups -OCH3 is 2. The van der Waals surface area contributed by atoms with Crippen LogP contribution >= 0.6 is 11.8 Å². The molecule has 4 rings (SSSR count). The van der Waals surface area contributed by atoms with E-state index in [9.17, 15) is 29.8 Å². The van der Waals surface area contributed by atoms with Crippen LogP contribution in [0.4, 0.5) is 39.4 Å². The zero-order valence-electron chi connectivity index (χ0n) is 35.3. The molecule has 0 amide bonds. The first-order valence-electron chi connectivity index (χ1n) is 19.4. The maximum Gasteiger partial charge on any atom is 0.353 e. The minimum atomic E-state index is -0.625. The molecule has 0 aromatic carbocycles. The van der Waals surface area contributed by atoms with Crippen LogP contribution in [0.5, 0.6) is 6.01 Å². The number of likely N-dealkylation sites (tertiary alicyclic amines) is 2. The lowest BCUT2D eigenvalue weighted by Gasteiger charge is -2.31. The van der Waals surface area contributed by atoms with Crippen molar-refractivity contribution in [3.05, 3.63) is 20.2 Å². The van der Waals surface area contributed by atoms with Crippen molar-refractivity contribution in [1.82, 2.24) is 29.7 Å². The Morgan fingerprint density at radius 2 is 1.26 bits per heavy atom. The predicted octanol–water partition coefficient (Wildman–Crippen LogP) is 3.41. The van der Waals surface area contributed by atoms with Gasteiger partial charge in [-0.05, 0) is 103 Å². The lowest BCUT2D eigenvalue weighted by atomic mass is 9.93. The van der Waals surface area contributed by atoms with Crippen LogP contribution in [-0.2, 0) is 19.1 Å². The van der Waals surface area contributed by atoms with Gasteiger partial charge in [0, 0.05) is 13.1 Å². The van der Waals surface area contributed by atoms with Crippen LogP contribution in [0.2, 0.25) is 0 Å². The molecule has 21 nitrogen and oxygen atoms in total. The Labute approximate surface area is 343 Å². The highest BCUT2D eigenvalue weighted by molar-refractivity contribution is 7.98. The molecule has 2 aliphatic rings. The van der Waals surface area contributed by atoms with Crippen LogP contribution in [0.15, 0.2) is 5.16 Å². The first kappa shape index (κ1) is 47.5. The Hall–Kier alpha value is -4.90. The first-order valence-corrected chi connectivity index (χ1v) is 20.2. The molecule has 0 unspecified atom stereocenters. The number of halogens is 1. The number of nitrogens with zero attached hydrogens (tertiary/aromatic N) is 10. The van der Waals surface area contributed by atoms with E-state index in [0.717, 1.165) is 77.5 Å². The first-order chi connectivity index (χ1) is 28.2. The van der Waals surface area contributed by atoms with Gasteiger partial charge in [-0.1, -0.05) is 25.1 Å². The predicted molar refractivity (Wildman–Crippen MR) is 219 cm³/mol. The number of hydrogen-bond donors (Lipinski definition) is 2. The maximum absolute atomic E-state index is 12.0. The van der Waals surface area contributed by atoms with Crippen molar-refractivity contribution in [3.8, 4) is 6.01 Å². The summed E-state index contributed by atoms with van der Waals surface area (Å²) in [6.45, 7) is 7.03. The Kier molecular flexibility index (Phi) is 20.3. The summed E-state index contributed by atoms with van der Waals surface area (Å²) in [4.78, 5) is 70.0. The van der Waals surface area contributed by atoms with Crippen LogP contribution < -0.4 is 26.0 Å². The van der Waals surface area contributed by atoms with Gasteiger partial charge in [-0.3, -0.25) is 34.5 Å². The summed E-state index contributed by atoms with van der Waals surface area (Å²) in [5, 5.41) is 23.5. The van der Waals surface area contributed by atoms with E-state index in [2.05, 4.69) is 45.3 Å². The van der Waals surface area contributed by atoms with Gasteiger partial charge >= 0.3 is 29.3 Å². The van der Waals surface area contributed by atoms with Gasteiger partial charge in [0.15, 0.2) is 5.16 Å². The van der Waals surface area contributed by atoms with Crippen molar-refractivity contribution in [2.45, 2.75) is 63.4 Å². The van der Waals surface area contributed by atoms with Crippen molar-refractivity contribution >= 4 is 58.3 Å². The van der Waals surface area contributed by atoms with E-state index >= 15 is 0 Å². The average Bonchev–Trinajstić information content (AvgIpc) is 3.22. The summed E-state index contributed by atoms with van der Waals surface area (Å²) >= 11 is 1.23. The molecule has 0 bridgehead atoms. The van der Waals surface area contributed by atoms with E-state index in [1.165, 1.54) is 26.0 Å². The van der Waals surface area contributed by atoms with Crippen molar-refractivity contribution in [1.29, 1.82) is 1.45 Å². The Morgan fingerprint density at radius 3 is 1.66 bits per heavy atom. The summed E-state index contributed by atoms with van der Waals surface area (Å²) in [5.74, 6) is -0.477. The molecular weight excluding hydrogens is 784 g/mol. The van der Waals surface area contributed by atoms with Crippen molar-refractivity contribution in [3.63, 3.8) is 0 Å². The number of unbranched alkanes of at least 4 members (excludes halogenated alkanes) is 1. The van der Waals surface area contributed by atoms with Gasteiger partial charge < -0.3 is 45.3 Å². The average molecular weight is 844 g/mol. The molecule has 4 N–H and O–H groups in total. The number of piperidine rings is 2. The van der Waals surface area contributed by atoms with E-state index in [4.69, 9.17) is 30.4 Å². The highest BCUT2D eigenvalue weighted by atomic mass is 32.2. The van der Waals surface area contributed by atoms with Crippen LogP contribution in [0.1, 0.15) is 58.3 Å². The third kappa shape index (κ3) is 15.1. The molecule has 0 saturated carbocycles. The number of carbonyl (C=O) groups excluding carboxylic acids is 2. The Balaban J connectivity index is 0.000000392. The van der Waals surface area contributed by atoms with E-state index in [0.29, 0.717) is 36.7 Å². The summed E-state index contributed by atoms with van der Waals surface area (Å²) in [5.41, 5.74) is 10.9. The van der Waals surface area contributed by atoms with Crippen LogP contribution in [0, 0.1) is 32.1 Å². The fourth-order valence-corrected chi connectivity index (χ4v) is 6.84. The van der Waals surface area contributed by atoms with Gasteiger partial charge in [0.05, 0.1) is 30.7 Å². The van der Waals surface area contributed by atoms with Gasteiger partial charge in [0.2, 0.25) is 23.3 Å². The molecule has 2 saturated heterocycles. The van der Waals surface area contributed by atoms with Crippen molar-refractivity contribution in [2.24, 2.45) is 11.8 Å². The largest absolute Gasteiger partial charge is 0.468 e. The highest BCUT2D eigenvalue weighted by Gasteiger charge is 2.31. The molecule has 0 radical (unpaired) electrons. The van der Waals surface area contributed by atoms with Gasteiger partial charge in [0.1, 0.15) is 13.1 Å². The number of aromatic nitrogens is 4. The third-order valence-corrected chi connectivity index (χ3v) is 10.6. The molecular formula is C35H59FN12O9S. The number of carbonyl (C=O) groups is 2. The fourth-order valence-electron chi connectivity index (χ4n) is 6.47. The van der Waals surface area contributed by atoms with Gasteiger partial charge in [0.25, 0.3) is 1.45 Å². The minimum Gasteiger partial charge on any atom is -0.468 e. The highest BCUT2D eigenvalue weighted by Crippen LogP contribution is 2.35. The third-order valence-electron chi connectivity index (χ3n) is 10.0. The van der Waals surface area contributed by atoms with E-state index < -0.39 is 27.5 Å². The normalized spacial score (nSPS) is 15.1. The maximum atomic E-state index is 12.0. The molecule has 2 aliphatic heterocycles. The number of nitrogens with two attached hydrogens (primary N) is 2. The van der Waals surface area contributed by atoms with Crippen LogP contribution in [0.3, 0.4) is 0 Å². The molecule has 0 atom stereocenters. The molecule has 2 aromatic rings. The summed E-state index contributed by atoms with van der Waals surface area (Å²) < 4.78 is 28.1. The number of anilines is 4. The second-order valence-electron chi connectivity index (χ2n) is 14.1. The fraction of sp³-hybridized carbons (Fsp3) is 0.714. The number of thioether (sulfide) groups is 1. The molecule has 0 spiro atoms. The Morgan fingerprint density at radius 1 is 0.828 bits per heavy atom. The van der Waals surface area contributed by atoms with Gasteiger partial charge in [-0.15, -0.1) is 0 Å². The zero-order chi connectivity index (χ0) is 44.1. The van der Waals surface area contributed by atoms with Crippen LogP contribution in [-0.4, -0.2) is 147 Å². The van der Waals surface area contributed by atoms with Crippen molar-refractivity contribution in [2.75, 3.05) is 115 Å². The van der Waals surface area contributed by atoms with E-state index in [1.807, 2.05) is 6.92 Å². The molecule has 23 heteroatoms. The molecule has 58 heavy (non-hydrogen) atoms. The van der Waals surface area contributed by atoms with Gasteiger partial charge in [-0.25, -0.2) is 0 Å². The zero-order valence-corrected chi connectivity index (χ0v) is 35.1. The number of esters is 2. The van der Waals surface area contributed by atoms with Gasteiger partial charge in [-0.2, -0.15) is 19.9 Å². The van der Waals surface area contributed by atoms with Crippen LogP contribution in [0.25, 0.3) is 0 Å². The molecule has 0 aliphatic carbocycles. The number of nitrogen functional groups attached to an aromatic ring is 2. The summed E-state index contributed by atoms with van der Waals surface area (Å²) in [6.07, 6.45) is 9.26. The molecule has 2 aromatic heterocycles. The minimum absolute atomic E-state index is 0.0164. The lowest BCUT2D eigenvalue weighted by Crippen LogP contribution is -2.36. The number of rotatable bonds is 19. The second kappa shape index (κ2) is 24.8. The molecule has 2 fully saturated rings. The second-order valence-corrected chi connectivity index (χ2v) is 14.9. The summed E-state index contributed by atoms with van der Waals surface area (Å²) in [7, 11) is 6.75. The van der Waals surface area contributed by atoms with E-state index in [1.54, 1.807) is 16.1 Å². The molecule has 4 heterocycles. The lowest BCUT2D eigenvalue weighted by molar-refractivity contribution is -0.383. The Bertz CT molecular complexity index is 1660. The smallest absolute Gasteiger partial charge is 0.353 e. The molecule has 326 valence electrons. The number of ether oxygens (including phenoxy) is 3. The SMILES string of the molecule is CCCCOc1nc(N)c([N+](=O)[O-])c(N(CCC2CCN(C)CC2)CC(=O)OC)n1.COC(=O)CN(CCC1CCN(C)CC1)c1nc(SC)nc(N)c1[N+](=O)[O-].[2H]F. The summed E-state index contributed by atoms with van der Waals surface area (Å²) in [6, 6.07) is -0.0318. The van der Waals surface area contributed by atoms with E-state index in [-0.39, 0.29) is 48.1 Å². The van der Waals surface area contributed by atoms with Crippen molar-refractivity contribution < 1.29 is 38.4 Å². The standard InChI is InChI=1S/C19H32N6O5.C16H26N6O4S.FH/c1-4-5-12-30-19-21-17(20)16(25(27)28)18(22-19)24(13-15(26)29-3)11-8-14-6-9-23(2)10-7-14;1-20-7-4-11(5-8-20)6-9-21(10-12(23)26-2)15-13(22(24)25)14(17)18-16(19-15)27-3;/h14H,4-13H2,1-3H3,(H2,20,21,22);11H,4-10H2,1-3H3,(H2,17,18,19);1H/i/hD. The topological polar surface area (TPSA) is 265 Å². The number of hydrogen-bond acceptors (Lipinski definition) is 20. The number of nitro groups is 2.